The Morgan fingerprint density at radius 3 is 2.73 bits per heavy atom. The second kappa shape index (κ2) is 4.77. The largest absolute Gasteiger partial charge is 0.396 e. The zero-order chi connectivity index (χ0) is 10.7. The van der Waals surface area contributed by atoms with E-state index in [1.807, 2.05) is 18.2 Å². The summed E-state index contributed by atoms with van der Waals surface area (Å²) in [6.07, 6.45) is 3.59. The Balaban J connectivity index is 1.92. The molecule has 1 N–H and O–H groups in total. The number of thioether (sulfide) groups is 1. The SMILES string of the molecule is OCC1(CSc2cccc(Cl)c2)CCC1. The number of hydrogen-bond acceptors (Lipinski definition) is 2. The molecule has 0 radical (unpaired) electrons. The van der Waals surface area contributed by atoms with E-state index in [4.69, 9.17) is 11.6 Å². The summed E-state index contributed by atoms with van der Waals surface area (Å²) in [7, 11) is 0. The third-order valence-electron chi connectivity index (χ3n) is 3.09. The van der Waals surface area contributed by atoms with Gasteiger partial charge < -0.3 is 5.11 Å². The normalized spacial score (nSPS) is 18.5. The molecule has 0 aromatic heterocycles. The molecule has 1 aliphatic rings. The maximum atomic E-state index is 9.33. The third kappa shape index (κ3) is 2.68. The van der Waals surface area contributed by atoms with Gasteiger partial charge in [-0.05, 0) is 31.0 Å². The second-order valence-corrected chi connectivity index (χ2v) is 5.74. The smallest absolute Gasteiger partial charge is 0.0495 e. The molecule has 1 nitrogen and oxygen atoms in total. The highest BCUT2D eigenvalue weighted by molar-refractivity contribution is 7.99. The molecule has 0 aliphatic heterocycles. The van der Waals surface area contributed by atoms with Gasteiger partial charge in [0.05, 0.1) is 0 Å². The standard InChI is InChI=1S/C12H15ClOS/c13-10-3-1-4-11(7-10)15-9-12(8-14)5-2-6-12/h1,3-4,7,14H,2,5-6,8-9H2. The summed E-state index contributed by atoms with van der Waals surface area (Å²) in [5.41, 5.74) is 0.187. The maximum Gasteiger partial charge on any atom is 0.0495 e. The van der Waals surface area contributed by atoms with Gasteiger partial charge in [0.1, 0.15) is 0 Å². The fraction of sp³-hybridized carbons (Fsp3) is 0.500. The molecule has 1 saturated carbocycles. The van der Waals surface area contributed by atoms with E-state index in [0.717, 1.165) is 23.6 Å². The number of aliphatic hydroxyl groups is 1. The van der Waals surface area contributed by atoms with Crippen molar-refractivity contribution in [3.63, 3.8) is 0 Å². The Kier molecular flexibility index (Phi) is 3.60. The van der Waals surface area contributed by atoms with Crippen molar-refractivity contribution in [2.24, 2.45) is 5.41 Å². The molecule has 0 bridgehead atoms. The van der Waals surface area contributed by atoms with Gasteiger partial charge in [-0.3, -0.25) is 0 Å². The third-order valence-corrected chi connectivity index (χ3v) is 4.67. The van der Waals surface area contributed by atoms with E-state index in [9.17, 15) is 5.11 Å². The minimum Gasteiger partial charge on any atom is -0.396 e. The van der Waals surface area contributed by atoms with Crippen LogP contribution in [0.25, 0.3) is 0 Å². The summed E-state index contributed by atoms with van der Waals surface area (Å²) in [5, 5.41) is 10.1. The highest BCUT2D eigenvalue weighted by atomic mass is 35.5. The molecule has 0 saturated heterocycles. The fourth-order valence-electron chi connectivity index (χ4n) is 1.82. The zero-order valence-corrected chi connectivity index (χ0v) is 10.2. The molecule has 15 heavy (non-hydrogen) atoms. The average molecular weight is 243 g/mol. The highest BCUT2D eigenvalue weighted by Gasteiger charge is 2.36. The zero-order valence-electron chi connectivity index (χ0n) is 8.58. The van der Waals surface area contributed by atoms with Crippen LogP contribution < -0.4 is 0 Å². The van der Waals surface area contributed by atoms with Crippen LogP contribution in [0.4, 0.5) is 0 Å². The van der Waals surface area contributed by atoms with Gasteiger partial charge in [-0.1, -0.05) is 24.1 Å². The molecular weight excluding hydrogens is 228 g/mol. The summed E-state index contributed by atoms with van der Waals surface area (Å²) < 4.78 is 0. The summed E-state index contributed by atoms with van der Waals surface area (Å²) >= 11 is 7.71. The van der Waals surface area contributed by atoms with E-state index in [-0.39, 0.29) is 5.41 Å². The minimum atomic E-state index is 0.187. The second-order valence-electron chi connectivity index (χ2n) is 4.26. The number of rotatable bonds is 4. The van der Waals surface area contributed by atoms with Gasteiger partial charge in [0, 0.05) is 27.7 Å². The van der Waals surface area contributed by atoms with Crippen molar-refractivity contribution in [1.82, 2.24) is 0 Å². The molecule has 0 unspecified atom stereocenters. The van der Waals surface area contributed by atoms with E-state index >= 15 is 0 Å². The molecule has 1 aromatic rings. The Labute approximate surface area is 99.8 Å². The predicted molar refractivity (Wildman–Crippen MR) is 65.5 cm³/mol. The lowest BCUT2D eigenvalue weighted by atomic mass is 9.71. The van der Waals surface area contributed by atoms with E-state index in [0.29, 0.717) is 6.61 Å². The van der Waals surface area contributed by atoms with Gasteiger partial charge in [0.15, 0.2) is 0 Å². The van der Waals surface area contributed by atoms with Crippen molar-refractivity contribution >= 4 is 23.4 Å². The number of hydrogen-bond donors (Lipinski definition) is 1. The topological polar surface area (TPSA) is 20.2 Å². The van der Waals surface area contributed by atoms with Gasteiger partial charge >= 0.3 is 0 Å². The molecule has 0 atom stereocenters. The first-order valence-electron chi connectivity index (χ1n) is 5.23. The van der Waals surface area contributed by atoms with Crippen molar-refractivity contribution < 1.29 is 5.11 Å². The van der Waals surface area contributed by atoms with Crippen LogP contribution in [0.15, 0.2) is 29.2 Å². The molecule has 1 fully saturated rings. The molecule has 1 aliphatic carbocycles. The fourth-order valence-corrected chi connectivity index (χ4v) is 3.31. The summed E-state index contributed by atoms with van der Waals surface area (Å²) in [5.74, 6) is 1.00. The van der Waals surface area contributed by atoms with Gasteiger partial charge in [-0.25, -0.2) is 0 Å². The van der Waals surface area contributed by atoms with Crippen LogP contribution in [-0.4, -0.2) is 17.5 Å². The van der Waals surface area contributed by atoms with E-state index in [2.05, 4.69) is 6.07 Å². The first-order valence-corrected chi connectivity index (χ1v) is 6.60. The van der Waals surface area contributed by atoms with Crippen LogP contribution in [0, 0.1) is 5.41 Å². The lowest BCUT2D eigenvalue weighted by Crippen LogP contribution is -2.35. The molecule has 0 amide bonds. The Bertz CT molecular complexity index is 331. The van der Waals surface area contributed by atoms with Crippen LogP contribution in [0.1, 0.15) is 19.3 Å². The van der Waals surface area contributed by atoms with Crippen LogP contribution in [0.3, 0.4) is 0 Å². The lowest BCUT2D eigenvalue weighted by Gasteiger charge is -2.40. The molecular formula is C12H15ClOS. The van der Waals surface area contributed by atoms with Gasteiger partial charge in [-0.2, -0.15) is 0 Å². The molecule has 0 spiro atoms. The van der Waals surface area contributed by atoms with Crippen molar-refractivity contribution in [2.45, 2.75) is 24.2 Å². The summed E-state index contributed by atoms with van der Waals surface area (Å²) in [4.78, 5) is 1.20. The molecule has 3 heteroatoms. The number of halogens is 1. The lowest BCUT2D eigenvalue weighted by molar-refractivity contribution is 0.0685. The first-order chi connectivity index (χ1) is 7.24. The van der Waals surface area contributed by atoms with Crippen LogP contribution >= 0.6 is 23.4 Å². The minimum absolute atomic E-state index is 0.187. The number of aliphatic hydroxyl groups excluding tert-OH is 1. The van der Waals surface area contributed by atoms with Crippen molar-refractivity contribution in [1.29, 1.82) is 0 Å². The van der Waals surface area contributed by atoms with E-state index < -0.39 is 0 Å². The van der Waals surface area contributed by atoms with Gasteiger partial charge in [-0.15, -0.1) is 11.8 Å². The molecule has 0 heterocycles. The van der Waals surface area contributed by atoms with Crippen LogP contribution in [-0.2, 0) is 0 Å². The van der Waals surface area contributed by atoms with Crippen molar-refractivity contribution in [3.8, 4) is 0 Å². The monoisotopic (exact) mass is 242 g/mol. The molecule has 2 rings (SSSR count). The first kappa shape index (κ1) is 11.3. The summed E-state index contributed by atoms with van der Waals surface area (Å²) in [6, 6.07) is 7.91. The predicted octanol–water partition coefficient (Wildman–Crippen LogP) is 3.59. The Morgan fingerprint density at radius 2 is 2.20 bits per heavy atom. The Morgan fingerprint density at radius 1 is 1.40 bits per heavy atom. The van der Waals surface area contributed by atoms with Crippen molar-refractivity contribution in [3.05, 3.63) is 29.3 Å². The summed E-state index contributed by atoms with van der Waals surface area (Å²) in [6.45, 7) is 0.320. The number of benzene rings is 1. The van der Waals surface area contributed by atoms with Crippen LogP contribution in [0.5, 0.6) is 0 Å². The maximum absolute atomic E-state index is 9.33. The van der Waals surface area contributed by atoms with E-state index in [1.54, 1.807) is 11.8 Å². The molecule has 82 valence electrons. The Hall–Kier alpha value is -0.180. The van der Waals surface area contributed by atoms with E-state index in [1.165, 1.54) is 11.3 Å². The van der Waals surface area contributed by atoms with Crippen molar-refractivity contribution in [2.75, 3.05) is 12.4 Å². The quantitative estimate of drug-likeness (QED) is 0.815. The van der Waals surface area contributed by atoms with Gasteiger partial charge in [0.2, 0.25) is 0 Å². The van der Waals surface area contributed by atoms with Gasteiger partial charge in [0.25, 0.3) is 0 Å². The average Bonchev–Trinajstić information content (AvgIpc) is 2.17. The van der Waals surface area contributed by atoms with Crippen LogP contribution in [0.2, 0.25) is 5.02 Å². The molecule has 1 aromatic carbocycles. The highest BCUT2D eigenvalue weighted by Crippen LogP contribution is 2.44.